The second kappa shape index (κ2) is 4.58. The molecule has 0 aliphatic carbocycles. The minimum Gasteiger partial charge on any atom is -0.396 e. The zero-order valence-electron chi connectivity index (χ0n) is 8.32. The van der Waals surface area contributed by atoms with Crippen LogP contribution in [0.2, 0.25) is 0 Å². The fourth-order valence-corrected chi connectivity index (χ4v) is 2.20. The first-order chi connectivity index (χ1) is 6.92. The van der Waals surface area contributed by atoms with E-state index in [1.807, 2.05) is 6.07 Å². The highest BCUT2D eigenvalue weighted by molar-refractivity contribution is 5.20. The van der Waals surface area contributed by atoms with Gasteiger partial charge in [-0.1, -0.05) is 30.3 Å². The summed E-state index contributed by atoms with van der Waals surface area (Å²) in [6.45, 7) is 1.35. The van der Waals surface area contributed by atoms with Crippen LogP contribution in [0.25, 0.3) is 0 Å². The third-order valence-corrected chi connectivity index (χ3v) is 2.98. The Morgan fingerprint density at radius 2 is 2.07 bits per heavy atom. The summed E-state index contributed by atoms with van der Waals surface area (Å²) in [4.78, 5) is 0. The van der Waals surface area contributed by atoms with Gasteiger partial charge in [0.2, 0.25) is 0 Å². The minimum absolute atomic E-state index is 0.284. The van der Waals surface area contributed by atoms with Gasteiger partial charge in [0.05, 0.1) is 0 Å². The zero-order chi connectivity index (χ0) is 9.80. The molecule has 0 spiro atoms. The van der Waals surface area contributed by atoms with Gasteiger partial charge in [-0.3, -0.25) is 0 Å². The molecule has 2 N–H and O–H groups in total. The monoisotopic (exact) mass is 191 g/mol. The first-order valence-corrected chi connectivity index (χ1v) is 5.31. The largest absolute Gasteiger partial charge is 0.396 e. The molecular formula is C12H17NO. The summed E-state index contributed by atoms with van der Waals surface area (Å²) in [6.07, 6.45) is 2.30. The molecule has 1 aliphatic rings. The SMILES string of the molecule is OCC1CCCNC1c1ccccc1. The molecule has 2 atom stereocenters. The molecule has 1 aromatic carbocycles. The van der Waals surface area contributed by atoms with Crippen molar-refractivity contribution in [1.82, 2.24) is 5.32 Å². The summed E-state index contributed by atoms with van der Waals surface area (Å²) < 4.78 is 0. The van der Waals surface area contributed by atoms with Crippen molar-refractivity contribution >= 4 is 0 Å². The van der Waals surface area contributed by atoms with Crippen LogP contribution in [-0.2, 0) is 0 Å². The van der Waals surface area contributed by atoms with Crippen LogP contribution < -0.4 is 5.32 Å². The molecule has 76 valence electrons. The van der Waals surface area contributed by atoms with Gasteiger partial charge in [-0.05, 0) is 24.9 Å². The van der Waals surface area contributed by atoms with E-state index in [0.29, 0.717) is 12.0 Å². The van der Waals surface area contributed by atoms with E-state index in [2.05, 4.69) is 29.6 Å². The van der Waals surface area contributed by atoms with Crippen molar-refractivity contribution in [2.45, 2.75) is 18.9 Å². The Bertz CT molecular complexity index is 273. The number of aliphatic hydroxyl groups excluding tert-OH is 1. The Hall–Kier alpha value is -0.860. The van der Waals surface area contributed by atoms with Gasteiger partial charge in [-0.15, -0.1) is 0 Å². The highest BCUT2D eigenvalue weighted by atomic mass is 16.3. The van der Waals surface area contributed by atoms with E-state index < -0.39 is 0 Å². The third-order valence-electron chi connectivity index (χ3n) is 2.98. The lowest BCUT2D eigenvalue weighted by Gasteiger charge is -2.31. The number of nitrogens with one attached hydrogen (secondary N) is 1. The molecule has 2 unspecified atom stereocenters. The molecule has 0 bridgehead atoms. The van der Waals surface area contributed by atoms with Crippen molar-refractivity contribution in [3.63, 3.8) is 0 Å². The Morgan fingerprint density at radius 1 is 1.29 bits per heavy atom. The van der Waals surface area contributed by atoms with Crippen LogP contribution in [0.3, 0.4) is 0 Å². The molecule has 0 saturated carbocycles. The van der Waals surface area contributed by atoms with Crippen LogP contribution in [0, 0.1) is 5.92 Å². The number of aliphatic hydroxyl groups is 1. The van der Waals surface area contributed by atoms with Gasteiger partial charge in [-0.2, -0.15) is 0 Å². The summed E-state index contributed by atoms with van der Waals surface area (Å²) in [5, 5.41) is 12.8. The average Bonchev–Trinajstić information content (AvgIpc) is 2.30. The molecule has 14 heavy (non-hydrogen) atoms. The molecular weight excluding hydrogens is 174 g/mol. The number of hydrogen-bond donors (Lipinski definition) is 2. The maximum atomic E-state index is 9.28. The van der Waals surface area contributed by atoms with E-state index in [9.17, 15) is 5.11 Å². The molecule has 1 saturated heterocycles. The van der Waals surface area contributed by atoms with Crippen molar-refractivity contribution in [2.24, 2.45) is 5.92 Å². The van der Waals surface area contributed by atoms with Gasteiger partial charge in [0, 0.05) is 18.6 Å². The topological polar surface area (TPSA) is 32.3 Å². The molecule has 2 heteroatoms. The summed E-state index contributed by atoms with van der Waals surface area (Å²) in [5.41, 5.74) is 1.30. The standard InChI is InChI=1S/C12H17NO/c14-9-11-7-4-8-13-12(11)10-5-2-1-3-6-10/h1-3,5-6,11-14H,4,7-9H2. The van der Waals surface area contributed by atoms with Crippen LogP contribution in [0.15, 0.2) is 30.3 Å². The molecule has 1 fully saturated rings. The molecule has 0 amide bonds. The van der Waals surface area contributed by atoms with Crippen molar-refractivity contribution in [2.75, 3.05) is 13.2 Å². The first-order valence-electron chi connectivity index (χ1n) is 5.31. The summed E-state index contributed by atoms with van der Waals surface area (Å²) in [5.74, 6) is 0.381. The Balaban J connectivity index is 2.15. The van der Waals surface area contributed by atoms with E-state index >= 15 is 0 Å². The fourth-order valence-electron chi connectivity index (χ4n) is 2.20. The number of rotatable bonds is 2. The van der Waals surface area contributed by atoms with Crippen molar-refractivity contribution in [3.8, 4) is 0 Å². The second-order valence-electron chi connectivity index (χ2n) is 3.93. The third kappa shape index (κ3) is 1.97. The van der Waals surface area contributed by atoms with Gasteiger partial charge in [0.15, 0.2) is 0 Å². The normalized spacial score (nSPS) is 27.5. The number of piperidine rings is 1. The van der Waals surface area contributed by atoms with Gasteiger partial charge in [0.25, 0.3) is 0 Å². The van der Waals surface area contributed by atoms with E-state index in [4.69, 9.17) is 0 Å². The summed E-state index contributed by atoms with van der Waals surface area (Å²) in [7, 11) is 0. The van der Waals surface area contributed by atoms with E-state index in [0.717, 1.165) is 13.0 Å². The number of benzene rings is 1. The first kappa shape index (κ1) is 9.69. The predicted octanol–water partition coefficient (Wildman–Crippen LogP) is 1.72. The summed E-state index contributed by atoms with van der Waals surface area (Å²) >= 11 is 0. The molecule has 2 nitrogen and oxygen atoms in total. The van der Waals surface area contributed by atoms with Crippen molar-refractivity contribution in [3.05, 3.63) is 35.9 Å². The van der Waals surface area contributed by atoms with E-state index in [1.54, 1.807) is 0 Å². The number of hydrogen-bond acceptors (Lipinski definition) is 2. The molecule has 0 radical (unpaired) electrons. The quantitative estimate of drug-likeness (QED) is 0.746. The summed E-state index contributed by atoms with van der Waals surface area (Å²) in [6, 6.07) is 10.7. The molecule has 1 aliphatic heterocycles. The smallest absolute Gasteiger partial charge is 0.0477 e. The van der Waals surface area contributed by atoms with Crippen LogP contribution in [-0.4, -0.2) is 18.3 Å². The average molecular weight is 191 g/mol. The van der Waals surface area contributed by atoms with Crippen LogP contribution in [0.5, 0.6) is 0 Å². The lowest BCUT2D eigenvalue weighted by Crippen LogP contribution is -2.35. The second-order valence-corrected chi connectivity index (χ2v) is 3.93. The Kier molecular flexibility index (Phi) is 3.17. The van der Waals surface area contributed by atoms with Crippen molar-refractivity contribution < 1.29 is 5.11 Å². The van der Waals surface area contributed by atoms with Gasteiger partial charge in [0.1, 0.15) is 0 Å². The molecule has 1 heterocycles. The van der Waals surface area contributed by atoms with Crippen molar-refractivity contribution in [1.29, 1.82) is 0 Å². The van der Waals surface area contributed by atoms with Gasteiger partial charge in [-0.25, -0.2) is 0 Å². The zero-order valence-corrected chi connectivity index (χ0v) is 8.32. The van der Waals surface area contributed by atoms with Gasteiger partial charge >= 0.3 is 0 Å². The predicted molar refractivity (Wildman–Crippen MR) is 57.0 cm³/mol. The molecule has 1 aromatic rings. The fraction of sp³-hybridized carbons (Fsp3) is 0.500. The maximum Gasteiger partial charge on any atom is 0.0477 e. The lowest BCUT2D eigenvalue weighted by atomic mass is 9.87. The minimum atomic E-state index is 0.284. The maximum absolute atomic E-state index is 9.28. The highest BCUT2D eigenvalue weighted by Gasteiger charge is 2.24. The van der Waals surface area contributed by atoms with Crippen LogP contribution in [0.1, 0.15) is 24.4 Å². The van der Waals surface area contributed by atoms with Gasteiger partial charge < -0.3 is 10.4 Å². The Morgan fingerprint density at radius 3 is 2.79 bits per heavy atom. The Labute approximate surface area is 85.0 Å². The van der Waals surface area contributed by atoms with E-state index in [-0.39, 0.29) is 6.61 Å². The molecule has 2 rings (SSSR count). The highest BCUT2D eigenvalue weighted by Crippen LogP contribution is 2.28. The molecule has 0 aromatic heterocycles. The lowest BCUT2D eigenvalue weighted by molar-refractivity contribution is 0.160. The van der Waals surface area contributed by atoms with Crippen LogP contribution in [0.4, 0.5) is 0 Å². The van der Waals surface area contributed by atoms with Crippen LogP contribution >= 0.6 is 0 Å². The van der Waals surface area contributed by atoms with E-state index in [1.165, 1.54) is 12.0 Å².